The van der Waals surface area contributed by atoms with Crippen LogP contribution in [0.1, 0.15) is 11.3 Å². The fourth-order valence-corrected chi connectivity index (χ4v) is 3.61. The molecule has 3 rings (SSSR count). The van der Waals surface area contributed by atoms with Gasteiger partial charge in [-0.2, -0.15) is 13.2 Å². The molecule has 1 aromatic carbocycles. The van der Waals surface area contributed by atoms with Gasteiger partial charge in [-0.15, -0.1) is 0 Å². The molecule has 0 N–H and O–H groups in total. The van der Waals surface area contributed by atoms with Gasteiger partial charge in [0.05, 0.1) is 40.1 Å². The molecule has 0 spiro atoms. The zero-order valence-electron chi connectivity index (χ0n) is 15.0. The maximum absolute atomic E-state index is 13.1. The van der Waals surface area contributed by atoms with Crippen molar-refractivity contribution in [3.05, 3.63) is 71.8 Å². The highest BCUT2D eigenvalue weighted by Crippen LogP contribution is 2.38. The highest BCUT2D eigenvalue weighted by molar-refractivity contribution is 7.99. The van der Waals surface area contributed by atoms with Crippen LogP contribution >= 0.6 is 23.4 Å². The third-order valence-electron chi connectivity index (χ3n) is 4.13. The molecule has 2 heterocycles. The van der Waals surface area contributed by atoms with Crippen LogP contribution in [0.5, 0.6) is 0 Å². The molecule has 146 valence electrons. The van der Waals surface area contributed by atoms with Gasteiger partial charge in [-0.05, 0) is 30.3 Å². The quantitative estimate of drug-likeness (QED) is 0.522. The second-order valence-electron chi connectivity index (χ2n) is 5.94. The van der Waals surface area contributed by atoms with Gasteiger partial charge in [-0.3, -0.25) is 4.98 Å². The first kappa shape index (κ1) is 20.3. The minimum Gasteiger partial charge on any atom is -0.342 e. The number of benzene rings is 1. The minimum absolute atomic E-state index is 0.330. The summed E-state index contributed by atoms with van der Waals surface area (Å²) in [5.41, 5.74) is 1.41. The van der Waals surface area contributed by atoms with Crippen molar-refractivity contribution < 1.29 is 13.2 Å². The van der Waals surface area contributed by atoms with Gasteiger partial charge in [0.2, 0.25) is 0 Å². The summed E-state index contributed by atoms with van der Waals surface area (Å²) in [7, 11) is 3.64. The zero-order valence-corrected chi connectivity index (χ0v) is 16.6. The predicted octanol–water partition coefficient (Wildman–Crippen LogP) is 5.75. The number of nitrogens with zero attached hydrogens (tertiary/aromatic N) is 4. The average Bonchev–Trinajstić information content (AvgIpc) is 3.02. The fraction of sp³-hybridized carbons (Fsp3) is 0.158. The Hall–Kier alpha value is -2.45. The lowest BCUT2D eigenvalue weighted by Gasteiger charge is -2.21. The SMILES string of the molecule is C=C(c1cnc(Sc2ccc(Cl)c(C(F)(F)F)c2)n1C)N(C)c1cccnc1. The van der Waals surface area contributed by atoms with Crippen LogP contribution in [0, 0.1) is 0 Å². The Morgan fingerprint density at radius 1 is 1.25 bits per heavy atom. The molecule has 0 unspecified atom stereocenters. The third kappa shape index (κ3) is 4.18. The van der Waals surface area contributed by atoms with E-state index in [-0.39, 0.29) is 5.02 Å². The van der Waals surface area contributed by atoms with Crippen molar-refractivity contribution in [3.63, 3.8) is 0 Å². The third-order valence-corrected chi connectivity index (χ3v) is 5.51. The van der Waals surface area contributed by atoms with Gasteiger partial charge in [0.25, 0.3) is 0 Å². The zero-order chi connectivity index (χ0) is 20.5. The van der Waals surface area contributed by atoms with Crippen LogP contribution in [0.4, 0.5) is 18.9 Å². The molecule has 0 amide bonds. The van der Waals surface area contributed by atoms with E-state index in [4.69, 9.17) is 11.6 Å². The second kappa shape index (κ2) is 7.89. The second-order valence-corrected chi connectivity index (χ2v) is 7.39. The first-order chi connectivity index (χ1) is 13.2. The van der Waals surface area contributed by atoms with E-state index >= 15 is 0 Å². The molecule has 0 aliphatic carbocycles. The summed E-state index contributed by atoms with van der Waals surface area (Å²) < 4.78 is 41.0. The average molecular weight is 425 g/mol. The van der Waals surface area contributed by atoms with E-state index in [0.717, 1.165) is 29.2 Å². The van der Waals surface area contributed by atoms with Crippen LogP contribution in [0.3, 0.4) is 0 Å². The predicted molar refractivity (Wildman–Crippen MR) is 105 cm³/mol. The Morgan fingerprint density at radius 2 is 2.00 bits per heavy atom. The summed E-state index contributed by atoms with van der Waals surface area (Å²) in [5, 5.41) is 0.204. The van der Waals surface area contributed by atoms with Crippen LogP contribution in [-0.2, 0) is 13.2 Å². The summed E-state index contributed by atoms with van der Waals surface area (Å²) >= 11 is 6.80. The van der Waals surface area contributed by atoms with E-state index in [1.807, 2.05) is 24.1 Å². The minimum atomic E-state index is -4.51. The topological polar surface area (TPSA) is 34.0 Å². The van der Waals surface area contributed by atoms with Gasteiger partial charge in [0, 0.05) is 25.2 Å². The molecule has 0 fully saturated rings. The maximum Gasteiger partial charge on any atom is 0.417 e. The molecule has 0 saturated heterocycles. The molecular weight excluding hydrogens is 409 g/mol. The van der Waals surface area contributed by atoms with Crippen molar-refractivity contribution >= 4 is 34.7 Å². The molecule has 0 aliphatic heterocycles. The molecule has 28 heavy (non-hydrogen) atoms. The molecular formula is C19H16ClF3N4S. The maximum atomic E-state index is 13.1. The number of hydrogen-bond acceptors (Lipinski definition) is 4. The van der Waals surface area contributed by atoms with Crippen LogP contribution in [0.25, 0.3) is 5.70 Å². The standard InChI is InChI=1S/C19H16ClF3N4S/c1-12(26(2)13-5-4-8-24-10-13)17-11-25-18(27(17)3)28-14-6-7-16(20)15(9-14)19(21,22)23/h4-11H,1H2,2-3H3. The molecule has 3 aromatic rings. The largest absolute Gasteiger partial charge is 0.417 e. The summed E-state index contributed by atoms with van der Waals surface area (Å²) in [6.07, 6.45) is 0.517. The van der Waals surface area contributed by atoms with Gasteiger partial charge in [-0.25, -0.2) is 4.98 Å². The van der Waals surface area contributed by atoms with Crippen LogP contribution < -0.4 is 4.90 Å². The number of hydrogen-bond donors (Lipinski definition) is 0. The number of imidazole rings is 1. The number of aromatic nitrogens is 3. The highest BCUT2D eigenvalue weighted by atomic mass is 35.5. The van der Waals surface area contributed by atoms with E-state index in [1.54, 1.807) is 30.2 Å². The first-order valence-corrected chi connectivity index (χ1v) is 9.27. The van der Waals surface area contributed by atoms with Gasteiger partial charge in [0.15, 0.2) is 5.16 Å². The molecule has 0 radical (unpaired) electrons. The Bertz CT molecular complexity index is 1000. The summed E-state index contributed by atoms with van der Waals surface area (Å²) in [5.74, 6) is 0. The van der Waals surface area contributed by atoms with Crippen molar-refractivity contribution in [1.29, 1.82) is 0 Å². The molecule has 4 nitrogen and oxygen atoms in total. The van der Waals surface area contributed by atoms with E-state index in [9.17, 15) is 13.2 Å². The Kier molecular flexibility index (Phi) is 5.71. The van der Waals surface area contributed by atoms with Gasteiger partial charge < -0.3 is 9.47 Å². The first-order valence-electron chi connectivity index (χ1n) is 8.08. The Labute approximate surface area is 169 Å². The van der Waals surface area contributed by atoms with E-state index in [0.29, 0.717) is 15.7 Å². The number of anilines is 1. The van der Waals surface area contributed by atoms with Crippen molar-refractivity contribution in [1.82, 2.24) is 14.5 Å². The van der Waals surface area contributed by atoms with Crippen LogP contribution in [0.2, 0.25) is 5.02 Å². The Morgan fingerprint density at radius 3 is 2.64 bits per heavy atom. The fourth-order valence-electron chi connectivity index (χ4n) is 2.53. The van der Waals surface area contributed by atoms with Gasteiger partial charge in [0.1, 0.15) is 0 Å². The summed E-state index contributed by atoms with van der Waals surface area (Å²) in [4.78, 5) is 10.7. The molecule has 0 saturated carbocycles. The molecule has 2 aromatic heterocycles. The van der Waals surface area contributed by atoms with Gasteiger partial charge >= 0.3 is 6.18 Å². The summed E-state index contributed by atoms with van der Waals surface area (Å²) in [6, 6.07) is 7.52. The summed E-state index contributed by atoms with van der Waals surface area (Å²) in [6.45, 7) is 4.10. The monoisotopic (exact) mass is 424 g/mol. The van der Waals surface area contributed by atoms with Crippen molar-refractivity contribution in [2.75, 3.05) is 11.9 Å². The molecule has 0 aliphatic rings. The normalized spacial score (nSPS) is 11.5. The van der Waals surface area contributed by atoms with Crippen molar-refractivity contribution in [2.24, 2.45) is 7.05 Å². The van der Waals surface area contributed by atoms with Crippen molar-refractivity contribution in [3.8, 4) is 0 Å². The number of rotatable bonds is 5. The number of pyridine rings is 1. The highest BCUT2D eigenvalue weighted by Gasteiger charge is 2.33. The molecule has 0 bridgehead atoms. The Balaban J connectivity index is 1.85. The van der Waals surface area contributed by atoms with Crippen LogP contribution in [-0.4, -0.2) is 21.6 Å². The van der Waals surface area contributed by atoms with Crippen LogP contribution in [0.15, 0.2) is 65.6 Å². The lowest BCUT2D eigenvalue weighted by molar-refractivity contribution is -0.137. The lowest BCUT2D eigenvalue weighted by atomic mass is 10.2. The number of halogens is 4. The number of alkyl halides is 3. The van der Waals surface area contributed by atoms with E-state index < -0.39 is 11.7 Å². The van der Waals surface area contributed by atoms with E-state index in [1.165, 1.54) is 12.1 Å². The molecule has 0 atom stereocenters. The van der Waals surface area contributed by atoms with E-state index in [2.05, 4.69) is 16.5 Å². The smallest absolute Gasteiger partial charge is 0.342 e. The molecule has 9 heteroatoms. The lowest BCUT2D eigenvalue weighted by Crippen LogP contribution is -2.16. The van der Waals surface area contributed by atoms with Crippen molar-refractivity contribution in [2.45, 2.75) is 16.2 Å². The van der Waals surface area contributed by atoms with Gasteiger partial charge in [-0.1, -0.05) is 29.9 Å².